The molecule has 0 aliphatic carbocycles. The molecule has 0 radical (unpaired) electrons. The zero-order valence-corrected chi connectivity index (χ0v) is 11.1. The van der Waals surface area contributed by atoms with Crippen LogP contribution in [-0.2, 0) is 6.42 Å². The molecule has 0 saturated heterocycles. The summed E-state index contributed by atoms with van der Waals surface area (Å²) in [6.45, 7) is 3.19. The highest BCUT2D eigenvalue weighted by Crippen LogP contribution is 2.36. The van der Waals surface area contributed by atoms with Crippen molar-refractivity contribution in [2.75, 3.05) is 11.4 Å². The molecule has 0 amide bonds. The average molecular weight is 255 g/mol. The van der Waals surface area contributed by atoms with Crippen molar-refractivity contribution >= 4 is 5.69 Å². The van der Waals surface area contributed by atoms with Gasteiger partial charge in [-0.3, -0.25) is 0 Å². The predicted molar refractivity (Wildman–Crippen MR) is 76.9 cm³/mol. The maximum atomic E-state index is 13.4. The maximum Gasteiger partial charge on any atom is 0.123 e. The van der Waals surface area contributed by atoms with E-state index in [-0.39, 0.29) is 11.9 Å². The second-order valence-corrected chi connectivity index (χ2v) is 5.05. The summed E-state index contributed by atoms with van der Waals surface area (Å²) >= 11 is 0. The third kappa shape index (κ3) is 2.23. The summed E-state index contributed by atoms with van der Waals surface area (Å²) in [5.74, 6) is -0.150. The second kappa shape index (κ2) is 5.04. The monoisotopic (exact) mass is 255 g/mol. The minimum Gasteiger partial charge on any atom is -0.364 e. The van der Waals surface area contributed by atoms with Crippen LogP contribution in [0.4, 0.5) is 10.1 Å². The highest BCUT2D eigenvalue weighted by atomic mass is 19.1. The van der Waals surface area contributed by atoms with Crippen LogP contribution in [0.2, 0.25) is 0 Å². The predicted octanol–water partition coefficient (Wildman–Crippen LogP) is 4.34. The van der Waals surface area contributed by atoms with E-state index >= 15 is 0 Å². The third-order valence-electron chi connectivity index (χ3n) is 3.92. The topological polar surface area (TPSA) is 3.24 Å². The van der Waals surface area contributed by atoms with Crippen LogP contribution in [0, 0.1) is 5.82 Å². The van der Waals surface area contributed by atoms with Gasteiger partial charge in [-0.25, -0.2) is 4.39 Å². The Kier molecular flexibility index (Phi) is 3.24. The van der Waals surface area contributed by atoms with Crippen molar-refractivity contribution in [3.05, 3.63) is 65.5 Å². The van der Waals surface area contributed by atoms with E-state index in [0.717, 1.165) is 24.9 Å². The third-order valence-corrected chi connectivity index (χ3v) is 3.92. The molecule has 0 saturated carbocycles. The molecule has 2 aromatic carbocycles. The summed E-state index contributed by atoms with van der Waals surface area (Å²) in [5, 5.41) is 0. The number of hydrogen-bond acceptors (Lipinski definition) is 1. The van der Waals surface area contributed by atoms with Crippen LogP contribution >= 0.6 is 0 Å². The van der Waals surface area contributed by atoms with Gasteiger partial charge >= 0.3 is 0 Å². The summed E-state index contributed by atoms with van der Waals surface area (Å²) in [7, 11) is 0. The van der Waals surface area contributed by atoms with E-state index in [0.29, 0.717) is 0 Å². The summed E-state index contributed by atoms with van der Waals surface area (Å²) in [6.07, 6.45) is 2.07. The Balaban J connectivity index is 1.96. The summed E-state index contributed by atoms with van der Waals surface area (Å²) in [4.78, 5) is 2.41. The van der Waals surface area contributed by atoms with E-state index in [9.17, 15) is 4.39 Å². The van der Waals surface area contributed by atoms with Crippen LogP contribution in [0.15, 0.2) is 48.5 Å². The highest BCUT2D eigenvalue weighted by molar-refractivity contribution is 5.59. The molecule has 1 aliphatic rings. The van der Waals surface area contributed by atoms with E-state index in [1.807, 2.05) is 6.07 Å². The molecule has 19 heavy (non-hydrogen) atoms. The zero-order chi connectivity index (χ0) is 13.2. The minimum atomic E-state index is -0.150. The van der Waals surface area contributed by atoms with Gasteiger partial charge in [0.1, 0.15) is 5.82 Å². The van der Waals surface area contributed by atoms with Gasteiger partial charge in [-0.2, -0.15) is 0 Å². The molecule has 3 rings (SSSR count). The fourth-order valence-electron chi connectivity index (χ4n) is 3.04. The van der Waals surface area contributed by atoms with Gasteiger partial charge in [0, 0.05) is 12.2 Å². The van der Waals surface area contributed by atoms with Gasteiger partial charge in [-0.05, 0) is 42.2 Å². The van der Waals surface area contributed by atoms with Crippen LogP contribution in [0.3, 0.4) is 0 Å². The molecule has 1 heterocycles. The molecule has 0 aromatic heterocycles. The Labute approximate surface area is 113 Å². The zero-order valence-electron chi connectivity index (χ0n) is 11.1. The first-order valence-electron chi connectivity index (χ1n) is 6.89. The number of nitrogens with zero attached hydrogens (tertiary/aromatic N) is 1. The standard InChI is InChI=1S/C17H18FN/c1-2-16(14-7-5-8-15(18)12-14)19-11-10-13-6-3-4-9-17(13)19/h3-9,12,16H,2,10-11H2,1H3/t16-/m0/s1. The molecule has 2 heteroatoms. The van der Waals surface area contributed by atoms with Crippen molar-refractivity contribution in [1.82, 2.24) is 0 Å². The molecule has 0 unspecified atom stereocenters. The van der Waals surface area contributed by atoms with Gasteiger partial charge in [0.05, 0.1) is 6.04 Å². The number of fused-ring (bicyclic) bond motifs is 1. The highest BCUT2D eigenvalue weighted by Gasteiger charge is 2.25. The Bertz CT molecular complexity index is 579. The van der Waals surface area contributed by atoms with E-state index in [1.54, 1.807) is 12.1 Å². The van der Waals surface area contributed by atoms with Crippen LogP contribution in [-0.4, -0.2) is 6.54 Å². The number of rotatable bonds is 3. The van der Waals surface area contributed by atoms with Gasteiger partial charge in [-0.15, -0.1) is 0 Å². The number of anilines is 1. The Morgan fingerprint density at radius 1 is 1.16 bits per heavy atom. The number of hydrogen-bond donors (Lipinski definition) is 0. The lowest BCUT2D eigenvalue weighted by atomic mass is 10.0. The van der Waals surface area contributed by atoms with Gasteiger partial charge in [-0.1, -0.05) is 37.3 Å². The Morgan fingerprint density at radius 3 is 2.79 bits per heavy atom. The van der Waals surface area contributed by atoms with E-state index in [1.165, 1.54) is 17.3 Å². The Hall–Kier alpha value is -1.83. The Morgan fingerprint density at radius 2 is 2.00 bits per heavy atom. The van der Waals surface area contributed by atoms with E-state index in [4.69, 9.17) is 0 Å². The lowest BCUT2D eigenvalue weighted by Crippen LogP contribution is -2.26. The van der Waals surface area contributed by atoms with Crippen molar-refractivity contribution in [3.8, 4) is 0 Å². The van der Waals surface area contributed by atoms with Crippen molar-refractivity contribution < 1.29 is 4.39 Å². The molecule has 0 bridgehead atoms. The summed E-state index contributed by atoms with van der Waals surface area (Å²) in [6, 6.07) is 15.8. The maximum absolute atomic E-state index is 13.4. The van der Waals surface area contributed by atoms with Crippen LogP contribution < -0.4 is 4.90 Å². The number of para-hydroxylation sites is 1. The van der Waals surface area contributed by atoms with Crippen molar-refractivity contribution in [1.29, 1.82) is 0 Å². The van der Waals surface area contributed by atoms with Gasteiger partial charge < -0.3 is 4.90 Å². The molecule has 1 aliphatic heterocycles. The molecule has 0 spiro atoms. The van der Waals surface area contributed by atoms with E-state index < -0.39 is 0 Å². The first kappa shape index (κ1) is 12.2. The first-order chi connectivity index (χ1) is 9.29. The molecule has 0 N–H and O–H groups in total. The molecule has 98 valence electrons. The SMILES string of the molecule is CC[C@@H](c1cccc(F)c1)N1CCc2ccccc21. The van der Waals surface area contributed by atoms with Crippen molar-refractivity contribution in [2.24, 2.45) is 0 Å². The number of halogens is 1. The molecular weight excluding hydrogens is 237 g/mol. The first-order valence-corrected chi connectivity index (χ1v) is 6.89. The van der Waals surface area contributed by atoms with Gasteiger partial charge in [0.2, 0.25) is 0 Å². The lowest BCUT2D eigenvalue weighted by Gasteiger charge is -2.30. The van der Waals surface area contributed by atoms with Gasteiger partial charge in [0.15, 0.2) is 0 Å². The van der Waals surface area contributed by atoms with E-state index in [2.05, 4.69) is 36.1 Å². The average Bonchev–Trinajstić information content (AvgIpc) is 2.84. The number of benzene rings is 2. The van der Waals surface area contributed by atoms with Crippen LogP contribution in [0.1, 0.15) is 30.5 Å². The lowest BCUT2D eigenvalue weighted by molar-refractivity contribution is 0.597. The van der Waals surface area contributed by atoms with Crippen molar-refractivity contribution in [3.63, 3.8) is 0 Å². The molecule has 0 fully saturated rings. The van der Waals surface area contributed by atoms with Crippen molar-refractivity contribution in [2.45, 2.75) is 25.8 Å². The smallest absolute Gasteiger partial charge is 0.123 e. The normalized spacial score (nSPS) is 15.4. The van der Waals surface area contributed by atoms with Crippen LogP contribution in [0.5, 0.6) is 0 Å². The molecular formula is C17H18FN. The second-order valence-electron chi connectivity index (χ2n) is 5.05. The fourth-order valence-corrected chi connectivity index (χ4v) is 3.04. The molecule has 1 atom stereocenters. The largest absolute Gasteiger partial charge is 0.364 e. The fraction of sp³-hybridized carbons (Fsp3) is 0.294. The summed E-state index contributed by atoms with van der Waals surface area (Å²) < 4.78 is 13.4. The van der Waals surface area contributed by atoms with Crippen LogP contribution in [0.25, 0.3) is 0 Å². The van der Waals surface area contributed by atoms with Gasteiger partial charge in [0.25, 0.3) is 0 Å². The summed E-state index contributed by atoms with van der Waals surface area (Å²) in [5.41, 5.74) is 3.77. The quantitative estimate of drug-likeness (QED) is 0.788. The molecule has 1 nitrogen and oxygen atoms in total. The minimum absolute atomic E-state index is 0.150. The molecule has 2 aromatic rings.